The van der Waals surface area contributed by atoms with E-state index in [0.29, 0.717) is 18.9 Å². The smallest absolute Gasteiger partial charge is 0.191 e. The van der Waals surface area contributed by atoms with Crippen LogP contribution in [0.1, 0.15) is 45.6 Å². The predicted molar refractivity (Wildman–Crippen MR) is 107 cm³/mol. The number of guanidine groups is 1. The van der Waals surface area contributed by atoms with Gasteiger partial charge in [-0.1, -0.05) is 44.2 Å². The third kappa shape index (κ3) is 10.8. The first-order valence-electron chi connectivity index (χ1n) is 9.19. The fourth-order valence-electron chi connectivity index (χ4n) is 2.43. The summed E-state index contributed by atoms with van der Waals surface area (Å²) in [6, 6.07) is 9.31. The first-order chi connectivity index (χ1) is 11.9. The number of nitrogens with zero attached hydrogens (tertiary/aromatic N) is 1. The number of aliphatic imine (C=N–C) groups is 1. The summed E-state index contributed by atoms with van der Waals surface area (Å²) < 4.78 is 24.3. The maximum absolute atomic E-state index is 12.2. The predicted octanol–water partition coefficient (Wildman–Crippen LogP) is 2.98. The Morgan fingerprint density at radius 1 is 1.12 bits per heavy atom. The summed E-state index contributed by atoms with van der Waals surface area (Å²) in [4.78, 5) is 4.47. The van der Waals surface area contributed by atoms with Gasteiger partial charge in [0, 0.05) is 19.6 Å². The summed E-state index contributed by atoms with van der Waals surface area (Å²) >= 11 is 0. The summed E-state index contributed by atoms with van der Waals surface area (Å²) in [5.41, 5.74) is 0.839. The van der Waals surface area contributed by atoms with Crippen molar-refractivity contribution in [3.63, 3.8) is 0 Å². The second kappa shape index (κ2) is 11.9. The van der Waals surface area contributed by atoms with Gasteiger partial charge in [-0.05, 0) is 37.7 Å². The van der Waals surface area contributed by atoms with Gasteiger partial charge in [0.25, 0.3) is 0 Å². The third-order valence-corrected chi connectivity index (χ3v) is 5.39. The number of hydrogen-bond donors (Lipinski definition) is 2. The minimum absolute atomic E-state index is 0.102. The maximum atomic E-state index is 12.2. The highest BCUT2D eigenvalue weighted by Crippen LogP contribution is 2.07. The summed E-state index contributed by atoms with van der Waals surface area (Å²) in [5, 5.41) is 6.50. The molecule has 0 aliphatic carbocycles. The third-order valence-electron chi connectivity index (χ3n) is 3.71. The Bertz CT molecular complexity index is 598. The SMILES string of the molecule is CCNC(=NCCCS(=O)(=O)Cc1ccccc1)NCCCC(C)C. The van der Waals surface area contributed by atoms with Gasteiger partial charge in [0.15, 0.2) is 15.8 Å². The highest BCUT2D eigenvalue weighted by atomic mass is 32.2. The molecule has 0 amide bonds. The number of benzene rings is 1. The van der Waals surface area contributed by atoms with Crippen LogP contribution < -0.4 is 10.6 Å². The van der Waals surface area contributed by atoms with Crippen LogP contribution in [0.2, 0.25) is 0 Å². The largest absolute Gasteiger partial charge is 0.357 e. The second-order valence-electron chi connectivity index (χ2n) is 6.65. The average Bonchev–Trinajstić information content (AvgIpc) is 2.55. The molecule has 1 aromatic rings. The molecule has 2 N–H and O–H groups in total. The van der Waals surface area contributed by atoms with Crippen LogP contribution in [0.5, 0.6) is 0 Å². The molecule has 0 radical (unpaired) electrons. The van der Waals surface area contributed by atoms with Gasteiger partial charge in [0.05, 0.1) is 11.5 Å². The fraction of sp³-hybridized carbons (Fsp3) is 0.632. The van der Waals surface area contributed by atoms with Crippen molar-refractivity contribution >= 4 is 15.8 Å². The van der Waals surface area contributed by atoms with Crippen molar-refractivity contribution < 1.29 is 8.42 Å². The van der Waals surface area contributed by atoms with Crippen LogP contribution in [-0.4, -0.2) is 39.8 Å². The fourth-order valence-corrected chi connectivity index (χ4v) is 3.85. The lowest BCUT2D eigenvalue weighted by atomic mass is 10.1. The minimum Gasteiger partial charge on any atom is -0.357 e. The van der Waals surface area contributed by atoms with E-state index in [4.69, 9.17) is 0 Å². The number of nitrogens with one attached hydrogen (secondary N) is 2. The van der Waals surface area contributed by atoms with Crippen molar-refractivity contribution in [2.45, 2.75) is 45.8 Å². The van der Waals surface area contributed by atoms with Crippen molar-refractivity contribution in [2.75, 3.05) is 25.4 Å². The number of rotatable bonds is 11. The Balaban J connectivity index is 2.36. The van der Waals surface area contributed by atoms with Gasteiger partial charge < -0.3 is 10.6 Å². The molecule has 1 rings (SSSR count). The molecule has 0 saturated heterocycles. The quantitative estimate of drug-likeness (QED) is 0.358. The molecule has 0 spiro atoms. The van der Waals surface area contributed by atoms with E-state index in [2.05, 4.69) is 29.5 Å². The molecule has 0 aliphatic heterocycles. The van der Waals surface area contributed by atoms with Crippen LogP contribution in [0.25, 0.3) is 0 Å². The van der Waals surface area contributed by atoms with Gasteiger partial charge in [0.2, 0.25) is 0 Å². The normalized spacial score (nSPS) is 12.4. The molecule has 0 saturated carbocycles. The molecule has 0 aliphatic rings. The van der Waals surface area contributed by atoms with Crippen molar-refractivity contribution in [2.24, 2.45) is 10.9 Å². The van der Waals surface area contributed by atoms with E-state index in [9.17, 15) is 8.42 Å². The number of hydrogen-bond acceptors (Lipinski definition) is 3. The second-order valence-corrected chi connectivity index (χ2v) is 8.84. The first-order valence-corrected chi connectivity index (χ1v) is 11.0. The molecule has 0 heterocycles. The zero-order chi connectivity index (χ0) is 18.5. The Labute approximate surface area is 153 Å². The Morgan fingerprint density at radius 2 is 1.84 bits per heavy atom. The van der Waals surface area contributed by atoms with Crippen LogP contribution in [0, 0.1) is 5.92 Å². The van der Waals surface area contributed by atoms with Gasteiger partial charge >= 0.3 is 0 Å². The van der Waals surface area contributed by atoms with Crippen LogP contribution in [0.15, 0.2) is 35.3 Å². The van der Waals surface area contributed by atoms with Crippen LogP contribution in [-0.2, 0) is 15.6 Å². The lowest BCUT2D eigenvalue weighted by Gasteiger charge is -2.12. The summed E-state index contributed by atoms with van der Waals surface area (Å²) in [5.74, 6) is 1.74. The summed E-state index contributed by atoms with van der Waals surface area (Å²) in [7, 11) is -3.09. The number of sulfone groups is 1. The molecule has 0 fully saturated rings. The molecule has 142 valence electrons. The topological polar surface area (TPSA) is 70.6 Å². The highest BCUT2D eigenvalue weighted by molar-refractivity contribution is 7.90. The van der Waals surface area contributed by atoms with Gasteiger partial charge in [0.1, 0.15) is 0 Å². The van der Waals surface area contributed by atoms with E-state index in [-0.39, 0.29) is 11.5 Å². The highest BCUT2D eigenvalue weighted by Gasteiger charge is 2.11. The molecule has 0 atom stereocenters. The van der Waals surface area contributed by atoms with Crippen LogP contribution >= 0.6 is 0 Å². The van der Waals surface area contributed by atoms with Gasteiger partial charge in [-0.3, -0.25) is 4.99 Å². The van der Waals surface area contributed by atoms with Crippen molar-refractivity contribution in [3.05, 3.63) is 35.9 Å². The van der Waals surface area contributed by atoms with Gasteiger partial charge in [-0.25, -0.2) is 8.42 Å². The Morgan fingerprint density at radius 3 is 2.48 bits per heavy atom. The molecular weight excluding hydrogens is 334 g/mol. The maximum Gasteiger partial charge on any atom is 0.191 e. The van der Waals surface area contributed by atoms with E-state index in [0.717, 1.165) is 31.0 Å². The molecule has 0 unspecified atom stereocenters. The standard InChI is InChI=1S/C19H33N3O2S/c1-4-20-19(21-13-8-10-17(2)3)22-14-9-15-25(23,24)16-18-11-6-5-7-12-18/h5-7,11-12,17H,4,8-10,13-16H2,1-3H3,(H2,20,21,22). The van der Waals surface area contributed by atoms with E-state index >= 15 is 0 Å². The van der Waals surface area contributed by atoms with E-state index in [1.807, 2.05) is 37.3 Å². The van der Waals surface area contributed by atoms with Crippen LogP contribution in [0.3, 0.4) is 0 Å². The molecular formula is C19H33N3O2S. The Hall–Kier alpha value is -1.56. The van der Waals surface area contributed by atoms with E-state index in [1.54, 1.807) is 0 Å². The van der Waals surface area contributed by atoms with E-state index in [1.165, 1.54) is 6.42 Å². The first kappa shape index (κ1) is 21.5. The van der Waals surface area contributed by atoms with Crippen molar-refractivity contribution in [3.8, 4) is 0 Å². The van der Waals surface area contributed by atoms with E-state index < -0.39 is 9.84 Å². The average molecular weight is 368 g/mol. The Kier molecular flexibility index (Phi) is 10.2. The molecule has 1 aromatic carbocycles. The molecule has 25 heavy (non-hydrogen) atoms. The monoisotopic (exact) mass is 367 g/mol. The molecule has 0 bridgehead atoms. The van der Waals surface area contributed by atoms with Crippen LogP contribution in [0.4, 0.5) is 0 Å². The lowest BCUT2D eigenvalue weighted by Crippen LogP contribution is -2.38. The lowest BCUT2D eigenvalue weighted by molar-refractivity contribution is 0.549. The summed E-state index contributed by atoms with van der Waals surface area (Å²) in [6.07, 6.45) is 2.83. The zero-order valence-electron chi connectivity index (χ0n) is 15.8. The van der Waals surface area contributed by atoms with Gasteiger partial charge in [-0.15, -0.1) is 0 Å². The minimum atomic E-state index is -3.09. The zero-order valence-corrected chi connectivity index (χ0v) is 16.6. The van der Waals surface area contributed by atoms with Crippen molar-refractivity contribution in [1.29, 1.82) is 0 Å². The molecule has 0 aromatic heterocycles. The molecule has 5 nitrogen and oxygen atoms in total. The summed E-state index contributed by atoms with van der Waals surface area (Å²) in [6.45, 7) is 8.65. The van der Waals surface area contributed by atoms with Crippen molar-refractivity contribution in [1.82, 2.24) is 10.6 Å². The van der Waals surface area contributed by atoms with Gasteiger partial charge in [-0.2, -0.15) is 0 Å². The molecule has 6 heteroatoms.